The summed E-state index contributed by atoms with van der Waals surface area (Å²) in [5, 5.41) is 10.9. The van der Waals surface area contributed by atoms with Gasteiger partial charge in [-0.1, -0.05) is 53.4 Å². The van der Waals surface area contributed by atoms with Crippen molar-refractivity contribution in [1.29, 1.82) is 0 Å². The molecule has 0 unspecified atom stereocenters. The molecule has 1 aromatic heterocycles. The molecule has 0 aliphatic heterocycles. The molecule has 1 heterocycles. The van der Waals surface area contributed by atoms with Gasteiger partial charge in [-0.2, -0.15) is 0 Å². The summed E-state index contributed by atoms with van der Waals surface area (Å²) in [5.41, 5.74) is 1.34. The predicted octanol–water partition coefficient (Wildman–Crippen LogP) is 3.25. The van der Waals surface area contributed by atoms with Crippen LogP contribution in [-0.4, -0.2) is 51.5 Å². The molecule has 0 atom stereocenters. The molecule has 3 aromatic rings. The fourth-order valence-electron chi connectivity index (χ4n) is 2.70. The van der Waals surface area contributed by atoms with Crippen LogP contribution >= 0.6 is 23.1 Å². The van der Waals surface area contributed by atoms with E-state index in [1.54, 1.807) is 12.1 Å². The second-order valence-corrected chi connectivity index (χ2v) is 10.6. The molecule has 0 bridgehead atoms. The van der Waals surface area contributed by atoms with Crippen molar-refractivity contribution in [2.24, 2.45) is 0 Å². The topological polar surface area (TPSA) is 111 Å². The van der Waals surface area contributed by atoms with E-state index in [2.05, 4.69) is 15.5 Å². The number of hydrogen-bond donors (Lipinski definition) is 1. The normalized spacial score (nSPS) is 11.1. The third kappa shape index (κ3) is 6.34. The maximum Gasteiger partial charge on any atom is 0.246 e. The molecule has 3 rings (SSSR count). The number of anilines is 2. The molecule has 0 fully saturated rings. The number of aromatic nitrogens is 2. The number of methoxy groups -OCH3 is 2. The average Bonchev–Trinajstić information content (AvgIpc) is 3.22. The highest BCUT2D eigenvalue weighted by Crippen LogP contribution is 2.34. The van der Waals surface area contributed by atoms with Gasteiger partial charge in [0.1, 0.15) is 18.0 Å². The van der Waals surface area contributed by atoms with Crippen molar-refractivity contribution in [1.82, 2.24) is 10.2 Å². The van der Waals surface area contributed by atoms with Crippen LogP contribution in [0, 0.1) is 0 Å². The molecule has 0 spiro atoms. The molecule has 0 saturated carbocycles. The summed E-state index contributed by atoms with van der Waals surface area (Å²) in [6.07, 6.45) is 1.02. The first-order chi connectivity index (χ1) is 15.3. The first-order valence-corrected chi connectivity index (χ1v) is 12.9. The maximum absolute atomic E-state index is 12.6. The van der Waals surface area contributed by atoms with Gasteiger partial charge in [-0.3, -0.25) is 14.4 Å². The molecule has 0 radical (unpaired) electrons. The zero-order valence-electron chi connectivity index (χ0n) is 17.6. The number of sulfonamides is 1. The molecule has 32 heavy (non-hydrogen) atoms. The van der Waals surface area contributed by atoms with Crippen LogP contribution in [0.3, 0.4) is 0 Å². The van der Waals surface area contributed by atoms with Crippen LogP contribution in [0.4, 0.5) is 10.8 Å². The Morgan fingerprint density at radius 3 is 2.53 bits per heavy atom. The van der Waals surface area contributed by atoms with Gasteiger partial charge in [0.15, 0.2) is 4.34 Å². The van der Waals surface area contributed by atoms with Crippen molar-refractivity contribution in [2.45, 2.75) is 10.1 Å². The molecule has 9 nitrogen and oxygen atoms in total. The highest BCUT2D eigenvalue weighted by Gasteiger charge is 2.25. The minimum absolute atomic E-state index is 0.195. The number of hydrogen-bond acceptors (Lipinski definition) is 9. The quantitative estimate of drug-likeness (QED) is 0.338. The van der Waals surface area contributed by atoms with Gasteiger partial charge in [-0.15, -0.1) is 10.2 Å². The van der Waals surface area contributed by atoms with Gasteiger partial charge in [-0.25, -0.2) is 8.42 Å². The van der Waals surface area contributed by atoms with Crippen molar-refractivity contribution < 1.29 is 22.7 Å². The van der Waals surface area contributed by atoms with Crippen molar-refractivity contribution in [3.05, 3.63) is 54.1 Å². The zero-order valence-corrected chi connectivity index (χ0v) is 20.1. The number of rotatable bonds is 10. The summed E-state index contributed by atoms with van der Waals surface area (Å²) in [6, 6.07) is 14.6. The number of carbonyl (C=O) groups excluding carboxylic acids is 1. The van der Waals surface area contributed by atoms with Crippen LogP contribution in [0.25, 0.3) is 0 Å². The van der Waals surface area contributed by atoms with Gasteiger partial charge in [-0.05, 0) is 17.7 Å². The third-order valence-electron chi connectivity index (χ3n) is 4.20. The lowest BCUT2D eigenvalue weighted by atomic mass is 10.2. The number of nitrogens with one attached hydrogen (secondary N) is 1. The Morgan fingerprint density at radius 2 is 1.88 bits per heavy atom. The van der Waals surface area contributed by atoms with E-state index in [0.717, 1.165) is 21.9 Å². The van der Waals surface area contributed by atoms with Gasteiger partial charge in [0.05, 0.1) is 26.2 Å². The summed E-state index contributed by atoms with van der Waals surface area (Å²) in [5.74, 6) is 0.885. The molecule has 12 heteroatoms. The molecule has 1 amide bonds. The monoisotopic (exact) mass is 494 g/mol. The maximum atomic E-state index is 12.6. The highest BCUT2D eigenvalue weighted by molar-refractivity contribution is 8.00. The molecule has 0 aliphatic rings. The van der Waals surface area contributed by atoms with Gasteiger partial charge in [0.25, 0.3) is 0 Å². The Kier molecular flexibility index (Phi) is 7.94. The van der Waals surface area contributed by atoms with E-state index in [0.29, 0.717) is 15.8 Å². The largest absolute Gasteiger partial charge is 0.497 e. The van der Waals surface area contributed by atoms with Gasteiger partial charge in [0.2, 0.25) is 21.1 Å². The minimum atomic E-state index is -3.80. The molecule has 0 aliphatic carbocycles. The fourth-order valence-corrected chi connectivity index (χ4v) is 5.28. The van der Waals surface area contributed by atoms with Gasteiger partial charge >= 0.3 is 0 Å². The molecule has 2 aromatic carbocycles. The number of nitrogens with zero attached hydrogens (tertiary/aromatic N) is 3. The van der Waals surface area contributed by atoms with Crippen LogP contribution in [0.15, 0.2) is 52.9 Å². The molecular weight excluding hydrogens is 472 g/mol. The summed E-state index contributed by atoms with van der Waals surface area (Å²) < 4.78 is 37.0. The van der Waals surface area contributed by atoms with E-state index in [-0.39, 0.29) is 10.8 Å². The predicted molar refractivity (Wildman–Crippen MR) is 126 cm³/mol. The first kappa shape index (κ1) is 23.8. The van der Waals surface area contributed by atoms with Gasteiger partial charge < -0.3 is 9.47 Å². The second-order valence-electron chi connectivity index (χ2n) is 6.50. The third-order valence-corrected chi connectivity index (χ3v) is 7.37. The van der Waals surface area contributed by atoms with Crippen LogP contribution < -0.4 is 19.1 Å². The Morgan fingerprint density at radius 1 is 1.12 bits per heavy atom. The van der Waals surface area contributed by atoms with Crippen molar-refractivity contribution in [2.75, 3.05) is 36.6 Å². The Balaban J connectivity index is 1.70. The van der Waals surface area contributed by atoms with E-state index < -0.39 is 22.5 Å². The fraction of sp³-hybridized carbons (Fsp3) is 0.250. The number of ether oxygens (including phenoxy) is 2. The summed E-state index contributed by atoms with van der Waals surface area (Å²) in [4.78, 5) is 12.6. The SMILES string of the molecule is COc1ccc(OC)c(N(CC(=O)Nc2nnc(SCc3ccccc3)s2)S(C)(=O)=O)c1. The molecule has 1 N–H and O–H groups in total. The molecule has 0 saturated heterocycles. The van der Waals surface area contributed by atoms with Crippen molar-refractivity contribution >= 4 is 49.8 Å². The number of thioether (sulfide) groups is 1. The zero-order chi connectivity index (χ0) is 23.1. The van der Waals surface area contributed by atoms with E-state index in [1.165, 1.54) is 43.4 Å². The number of benzene rings is 2. The van der Waals surface area contributed by atoms with Crippen molar-refractivity contribution in [3.63, 3.8) is 0 Å². The highest BCUT2D eigenvalue weighted by atomic mass is 32.2. The number of amides is 1. The summed E-state index contributed by atoms with van der Waals surface area (Å²) in [6.45, 7) is -0.464. The van der Waals surface area contributed by atoms with E-state index in [4.69, 9.17) is 9.47 Å². The van der Waals surface area contributed by atoms with E-state index in [1.807, 2.05) is 30.3 Å². The molecule has 170 valence electrons. The van der Waals surface area contributed by atoms with Crippen LogP contribution in [0.2, 0.25) is 0 Å². The lowest BCUT2D eigenvalue weighted by molar-refractivity contribution is -0.114. The average molecular weight is 495 g/mol. The first-order valence-electron chi connectivity index (χ1n) is 9.30. The van der Waals surface area contributed by atoms with Gasteiger partial charge in [0, 0.05) is 11.8 Å². The molecular formula is C20H22N4O5S3. The van der Waals surface area contributed by atoms with Crippen LogP contribution in [0.5, 0.6) is 11.5 Å². The second kappa shape index (κ2) is 10.7. The standard InChI is InChI=1S/C20H22N4O5S3/c1-28-15-9-10-17(29-2)16(11-15)24(32(3,26)27)12-18(25)21-19-22-23-20(31-19)30-13-14-7-5-4-6-8-14/h4-11H,12-13H2,1-3H3,(H,21,22,25). The van der Waals surface area contributed by atoms with E-state index in [9.17, 15) is 13.2 Å². The lowest BCUT2D eigenvalue weighted by Gasteiger charge is -2.24. The summed E-state index contributed by atoms with van der Waals surface area (Å²) >= 11 is 2.72. The van der Waals surface area contributed by atoms with Crippen molar-refractivity contribution in [3.8, 4) is 11.5 Å². The lowest BCUT2D eigenvalue weighted by Crippen LogP contribution is -2.37. The van der Waals surface area contributed by atoms with Crippen LogP contribution in [0.1, 0.15) is 5.56 Å². The Bertz CT molecular complexity index is 1170. The Labute approximate surface area is 194 Å². The smallest absolute Gasteiger partial charge is 0.246 e. The number of carbonyl (C=O) groups is 1. The Hall–Kier alpha value is -2.83. The minimum Gasteiger partial charge on any atom is -0.497 e. The van der Waals surface area contributed by atoms with Crippen LogP contribution in [-0.2, 0) is 20.6 Å². The van der Waals surface area contributed by atoms with E-state index >= 15 is 0 Å². The summed E-state index contributed by atoms with van der Waals surface area (Å²) in [7, 11) is -0.914.